The summed E-state index contributed by atoms with van der Waals surface area (Å²) in [6.45, 7) is 6.86. The number of nitrogens with zero attached hydrogens (tertiary/aromatic N) is 1. The largest absolute Gasteiger partial charge is 0.383 e. The van der Waals surface area contributed by atoms with Crippen LogP contribution in [0, 0.1) is 0 Å². The van der Waals surface area contributed by atoms with Crippen molar-refractivity contribution >= 4 is 11.3 Å². The predicted octanol–water partition coefficient (Wildman–Crippen LogP) is 3.67. The fraction of sp³-hybridized carbons (Fsp3) is 0.438. The van der Waals surface area contributed by atoms with Crippen LogP contribution in [0.4, 0.5) is 0 Å². The summed E-state index contributed by atoms with van der Waals surface area (Å²) in [5.41, 5.74) is 2.40. The first-order valence-corrected chi connectivity index (χ1v) is 7.78. The third-order valence-corrected chi connectivity index (χ3v) is 4.18. The fourth-order valence-electron chi connectivity index (χ4n) is 2.02. The van der Waals surface area contributed by atoms with Crippen LogP contribution >= 0.6 is 11.3 Å². The maximum atomic E-state index is 5.06. The number of thiazole rings is 1. The van der Waals surface area contributed by atoms with Crippen molar-refractivity contribution in [2.75, 3.05) is 20.3 Å². The van der Waals surface area contributed by atoms with Crippen LogP contribution in [0.1, 0.15) is 30.3 Å². The second kappa shape index (κ2) is 7.53. The number of aromatic nitrogens is 1. The first-order chi connectivity index (χ1) is 9.72. The SMILES string of the molecule is COCCNCc1sc(-c2ccccc2)nc1C(C)C. The monoisotopic (exact) mass is 290 g/mol. The lowest BCUT2D eigenvalue weighted by atomic mass is 10.1. The Morgan fingerprint density at radius 1 is 1.25 bits per heavy atom. The average molecular weight is 290 g/mol. The lowest BCUT2D eigenvalue weighted by Crippen LogP contribution is -2.18. The molecule has 0 aliphatic rings. The van der Waals surface area contributed by atoms with E-state index in [0.717, 1.165) is 24.7 Å². The Hall–Kier alpha value is -1.23. The Kier molecular flexibility index (Phi) is 5.71. The van der Waals surface area contributed by atoms with Gasteiger partial charge in [0, 0.05) is 30.6 Å². The van der Waals surface area contributed by atoms with Gasteiger partial charge in [-0.05, 0) is 5.92 Å². The van der Waals surface area contributed by atoms with Crippen LogP contribution in [0.3, 0.4) is 0 Å². The summed E-state index contributed by atoms with van der Waals surface area (Å²) in [5.74, 6) is 0.447. The zero-order valence-corrected chi connectivity index (χ0v) is 13.2. The summed E-state index contributed by atoms with van der Waals surface area (Å²) < 4.78 is 5.06. The van der Waals surface area contributed by atoms with E-state index >= 15 is 0 Å². The smallest absolute Gasteiger partial charge is 0.123 e. The van der Waals surface area contributed by atoms with E-state index < -0.39 is 0 Å². The molecule has 0 fully saturated rings. The third kappa shape index (κ3) is 3.88. The van der Waals surface area contributed by atoms with Gasteiger partial charge in [-0.2, -0.15) is 0 Å². The van der Waals surface area contributed by atoms with Gasteiger partial charge in [0.2, 0.25) is 0 Å². The summed E-state index contributed by atoms with van der Waals surface area (Å²) in [4.78, 5) is 6.15. The van der Waals surface area contributed by atoms with Crippen LogP contribution in [0.2, 0.25) is 0 Å². The minimum atomic E-state index is 0.447. The molecule has 4 heteroatoms. The van der Waals surface area contributed by atoms with E-state index in [1.807, 2.05) is 6.07 Å². The maximum Gasteiger partial charge on any atom is 0.123 e. The molecule has 108 valence electrons. The number of ether oxygens (including phenoxy) is 1. The van der Waals surface area contributed by atoms with Gasteiger partial charge in [0.25, 0.3) is 0 Å². The molecule has 2 aromatic rings. The number of rotatable bonds is 7. The highest BCUT2D eigenvalue weighted by Gasteiger charge is 2.14. The van der Waals surface area contributed by atoms with E-state index in [0.29, 0.717) is 5.92 Å². The average Bonchev–Trinajstić information content (AvgIpc) is 2.89. The Labute approximate surface area is 125 Å². The molecule has 0 amide bonds. The molecule has 20 heavy (non-hydrogen) atoms. The molecule has 0 aliphatic heterocycles. The molecular formula is C16H22N2OS. The van der Waals surface area contributed by atoms with Crippen LogP contribution in [0.15, 0.2) is 30.3 Å². The fourth-order valence-corrected chi connectivity index (χ4v) is 3.21. The van der Waals surface area contributed by atoms with Gasteiger partial charge >= 0.3 is 0 Å². The molecule has 1 aromatic carbocycles. The standard InChI is InChI=1S/C16H22N2OS/c1-12(2)15-14(11-17-9-10-19-3)20-16(18-15)13-7-5-4-6-8-13/h4-8,12,17H,9-11H2,1-3H3. The van der Waals surface area contributed by atoms with E-state index in [4.69, 9.17) is 9.72 Å². The normalized spacial score (nSPS) is 11.2. The van der Waals surface area contributed by atoms with Crippen molar-refractivity contribution in [2.45, 2.75) is 26.3 Å². The quantitative estimate of drug-likeness (QED) is 0.790. The van der Waals surface area contributed by atoms with E-state index in [1.54, 1.807) is 18.4 Å². The van der Waals surface area contributed by atoms with Gasteiger partial charge in [0.05, 0.1) is 12.3 Å². The van der Waals surface area contributed by atoms with Gasteiger partial charge in [-0.15, -0.1) is 11.3 Å². The van der Waals surface area contributed by atoms with Crippen LogP contribution in [0.5, 0.6) is 0 Å². The van der Waals surface area contributed by atoms with Crippen LogP contribution in [-0.4, -0.2) is 25.2 Å². The van der Waals surface area contributed by atoms with E-state index in [2.05, 4.69) is 43.4 Å². The zero-order chi connectivity index (χ0) is 14.4. The van der Waals surface area contributed by atoms with Crippen molar-refractivity contribution in [2.24, 2.45) is 0 Å². The van der Waals surface area contributed by atoms with Crippen molar-refractivity contribution in [1.82, 2.24) is 10.3 Å². The predicted molar refractivity (Wildman–Crippen MR) is 85.2 cm³/mol. The third-order valence-electron chi connectivity index (χ3n) is 3.06. The highest BCUT2D eigenvalue weighted by atomic mass is 32.1. The van der Waals surface area contributed by atoms with Gasteiger partial charge in [0.15, 0.2) is 0 Å². The molecular weight excluding hydrogens is 268 g/mol. The summed E-state index contributed by atoms with van der Waals surface area (Å²) in [6.07, 6.45) is 0. The van der Waals surface area contributed by atoms with Gasteiger partial charge in [-0.25, -0.2) is 4.98 Å². The highest BCUT2D eigenvalue weighted by Crippen LogP contribution is 2.31. The van der Waals surface area contributed by atoms with E-state index in [-0.39, 0.29) is 0 Å². The molecule has 1 heterocycles. The van der Waals surface area contributed by atoms with Gasteiger partial charge in [-0.1, -0.05) is 44.2 Å². The Balaban J connectivity index is 2.16. The minimum absolute atomic E-state index is 0.447. The minimum Gasteiger partial charge on any atom is -0.383 e. The second-order valence-electron chi connectivity index (χ2n) is 5.02. The summed E-state index contributed by atoms with van der Waals surface area (Å²) in [5, 5.41) is 4.52. The Bertz CT molecular complexity index is 523. The van der Waals surface area contributed by atoms with Crippen molar-refractivity contribution in [3.63, 3.8) is 0 Å². The highest BCUT2D eigenvalue weighted by molar-refractivity contribution is 7.15. The summed E-state index contributed by atoms with van der Waals surface area (Å²) >= 11 is 1.78. The molecule has 0 aliphatic carbocycles. The molecule has 0 radical (unpaired) electrons. The summed E-state index contributed by atoms with van der Waals surface area (Å²) in [7, 11) is 1.72. The first-order valence-electron chi connectivity index (χ1n) is 6.97. The number of benzene rings is 1. The molecule has 2 rings (SSSR count). The van der Waals surface area contributed by atoms with Gasteiger partial charge in [-0.3, -0.25) is 0 Å². The molecule has 3 nitrogen and oxygen atoms in total. The van der Waals surface area contributed by atoms with Crippen LogP contribution in [0.25, 0.3) is 10.6 Å². The lowest BCUT2D eigenvalue weighted by molar-refractivity contribution is 0.199. The summed E-state index contributed by atoms with van der Waals surface area (Å²) in [6, 6.07) is 10.4. The molecule has 0 bridgehead atoms. The maximum absolute atomic E-state index is 5.06. The van der Waals surface area contributed by atoms with Crippen LogP contribution < -0.4 is 5.32 Å². The number of methoxy groups -OCH3 is 1. The molecule has 0 spiro atoms. The van der Waals surface area contributed by atoms with Crippen LogP contribution in [-0.2, 0) is 11.3 Å². The Morgan fingerprint density at radius 2 is 2.00 bits per heavy atom. The van der Waals surface area contributed by atoms with Crippen molar-refractivity contribution in [1.29, 1.82) is 0 Å². The van der Waals surface area contributed by atoms with E-state index in [1.165, 1.54) is 16.1 Å². The molecule has 0 unspecified atom stereocenters. The van der Waals surface area contributed by atoms with Gasteiger partial charge in [0.1, 0.15) is 5.01 Å². The molecule has 0 atom stereocenters. The number of hydrogen-bond acceptors (Lipinski definition) is 4. The molecule has 1 aromatic heterocycles. The zero-order valence-electron chi connectivity index (χ0n) is 12.3. The second-order valence-corrected chi connectivity index (χ2v) is 6.10. The number of nitrogens with one attached hydrogen (secondary N) is 1. The molecule has 1 N–H and O–H groups in total. The van der Waals surface area contributed by atoms with Crippen molar-refractivity contribution in [3.05, 3.63) is 40.9 Å². The van der Waals surface area contributed by atoms with Crippen molar-refractivity contribution in [3.8, 4) is 10.6 Å². The topological polar surface area (TPSA) is 34.1 Å². The first kappa shape index (κ1) is 15.2. The van der Waals surface area contributed by atoms with Crippen molar-refractivity contribution < 1.29 is 4.74 Å². The Morgan fingerprint density at radius 3 is 2.65 bits per heavy atom. The van der Waals surface area contributed by atoms with Gasteiger partial charge < -0.3 is 10.1 Å². The van der Waals surface area contributed by atoms with E-state index in [9.17, 15) is 0 Å². The molecule has 0 saturated heterocycles. The number of hydrogen-bond donors (Lipinski definition) is 1. The lowest BCUT2D eigenvalue weighted by Gasteiger charge is -2.06. The molecule has 0 saturated carbocycles.